The van der Waals surface area contributed by atoms with Gasteiger partial charge in [0.15, 0.2) is 5.13 Å². The topological polar surface area (TPSA) is 116 Å². The number of thiazole rings is 1. The van der Waals surface area contributed by atoms with E-state index in [0.717, 1.165) is 12.8 Å². The lowest BCUT2D eigenvalue weighted by molar-refractivity contribution is -0.117. The lowest BCUT2D eigenvalue weighted by atomic mass is 10.1. The van der Waals surface area contributed by atoms with Crippen LogP contribution in [0.5, 0.6) is 5.88 Å². The molecule has 0 bridgehead atoms. The molecule has 25 heavy (non-hydrogen) atoms. The molecule has 0 aromatic carbocycles. The largest absolute Gasteiger partial charge is 0.474 e. The second-order valence-corrected chi connectivity index (χ2v) is 6.41. The fourth-order valence-electron chi connectivity index (χ4n) is 2.34. The van der Waals surface area contributed by atoms with Gasteiger partial charge < -0.3 is 15.2 Å². The summed E-state index contributed by atoms with van der Waals surface area (Å²) in [6.07, 6.45) is 3.28. The van der Waals surface area contributed by atoms with E-state index in [-0.39, 0.29) is 18.4 Å². The fraction of sp³-hybridized carbons (Fsp3) is 0.375. The van der Waals surface area contributed by atoms with E-state index in [1.54, 1.807) is 17.5 Å². The number of hydrogen-bond acceptors (Lipinski definition) is 7. The first-order valence-electron chi connectivity index (χ1n) is 7.84. The zero-order chi connectivity index (χ0) is 17.6. The van der Waals surface area contributed by atoms with Gasteiger partial charge in [-0.3, -0.25) is 14.9 Å². The molecule has 1 saturated heterocycles. The summed E-state index contributed by atoms with van der Waals surface area (Å²) in [6, 6.07) is 3.32. The molecule has 1 aliphatic rings. The second kappa shape index (κ2) is 8.04. The van der Waals surface area contributed by atoms with Gasteiger partial charge in [0.05, 0.1) is 30.9 Å². The van der Waals surface area contributed by atoms with Crippen LogP contribution in [0.3, 0.4) is 0 Å². The predicted octanol–water partition coefficient (Wildman–Crippen LogP) is 1.38. The molecule has 0 spiro atoms. The molecular weight excluding hydrogens is 344 g/mol. The van der Waals surface area contributed by atoms with E-state index in [1.165, 1.54) is 17.5 Å². The quantitative estimate of drug-likeness (QED) is 0.802. The van der Waals surface area contributed by atoms with Gasteiger partial charge in [0.2, 0.25) is 11.8 Å². The van der Waals surface area contributed by atoms with Crippen LogP contribution in [0.15, 0.2) is 23.7 Å². The van der Waals surface area contributed by atoms with Crippen molar-refractivity contribution in [3.8, 4) is 5.88 Å². The number of amides is 2. The predicted molar refractivity (Wildman–Crippen MR) is 91.7 cm³/mol. The maximum atomic E-state index is 12.2. The van der Waals surface area contributed by atoms with Crippen LogP contribution >= 0.6 is 11.3 Å². The number of carbonyl (C=O) groups is 2. The Balaban J connectivity index is 1.56. The van der Waals surface area contributed by atoms with E-state index < -0.39 is 5.91 Å². The highest BCUT2D eigenvalue weighted by molar-refractivity contribution is 7.14. The Morgan fingerprint density at radius 2 is 2.16 bits per heavy atom. The summed E-state index contributed by atoms with van der Waals surface area (Å²) in [4.78, 5) is 31.4. The third-order valence-corrected chi connectivity index (χ3v) is 4.39. The van der Waals surface area contributed by atoms with Gasteiger partial charge in [-0.2, -0.15) is 0 Å². The molecule has 3 heterocycles. The van der Waals surface area contributed by atoms with Crippen molar-refractivity contribution in [2.24, 2.45) is 5.73 Å². The molecule has 9 heteroatoms. The Hall–Kier alpha value is -2.52. The van der Waals surface area contributed by atoms with Gasteiger partial charge in [-0.1, -0.05) is 0 Å². The molecule has 132 valence electrons. The number of nitrogens with two attached hydrogens (primary N) is 1. The number of primary amides is 1. The number of hydrogen-bond donors (Lipinski definition) is 2. The van der Waals surface area contributed by atoms with Crippen LogP contribution in [0.2, 0.25) is 0 Å². The van der Waals surface area contributed by atoms with Crippen LogP contribution < -0.4 is 15.8 Å². The van der Waals surface area contributed by atoms with E-state index in [0.29, 0.717) is 35.5 Å². The number of carbonyl (C=O) groups excluding carboxylic acids is 2. The summed E-state index contributed by atoms with van der Waals surface area (Å²) in [5.41, 5.74) is 6.05. The molecule has 3 N–H and O–H groups in total. The molecule has 0 saturated carbocycles. The van der Waals surface area contributed by atoms with Crippen LogP contribution in [0.1, 0.15) is 28.9 Å². The van der Waals surface area contributed by atoms with E-state index in [9.17, 15) is 9.59 Å². The Kier molecular flexibility index (Phi) is 5.56. The van der Waals surface area contributed by atoms with Crippen molar-refractivity contribution in [3.63, 3.8) is 0 Å². The average molecular weight is 362 g/mol. The molecular formula is C16H18N4O4S. The maximum absolute atomic E-state index is 12.2. The van der Waals surface area contributed by atoms with Gasteiger partial charge in [0.1, 0.15) is 6.10 Å². The van der Waals surface area contributed by atoms with E-state index in [2.05, 4.69) is 15.3 Å². The molecule has 2 aromatic rings. The summed E-state index contributed by atoms with van der Waals surface area (Å²) in [5, 5.41) is 4.76. The minimum absolute atomic E-state index is 0.0478. The zero-order valence-corrected chi connectivity index (χ0v) is 14.3. The van der Waals surface area contributed by atoms with E-state index in [1.807, 2.05) is 0 Å². The minimum Gasteiger partial charge on any atom is -0.474 e. The number of aromatic nitrogens is 2. The van der Waals surface area contributed by atoms with Crippen LogP contribution in [0.25, 0.3) is 0 Å². The highest BCUT2D eigenvalue weighted by atomic mass is 32.1. The first-order valence-corrected chi connectivity index (χ1v) is 8.72. The smallest absolute Gasteiger partial charge is 0.259 e. The fourth-order valence-corrected chi connectivity index (χ4v) is 3.05. The average Bonchev–Trinajstić information content (AvgIpc) is 3.02. The summed E-state index contributed by atoms with van der Waals surface area (Å²) >= 11 is 1.23. The van der Waals surface area contributed by atoms with Gasteiger partial charge in [-0.15, -0.1) is 11.3 Å². The first-order chi connectivity index (χ1) is 12.1. The Bertz CT molecular complexity index is 741. The molecule has 1 fully saturated rings. The summed E-state index contributed by atoms with van der Waals surface area (Å²) in [6.45, 7) is 1.38. The summed E-state index contributed by atoms with van der Waals surface area (Å²) < 4.78 is 11.1. The van der Waals surface area contributed by atoms with Crippen LogP contribution in [0.4, 0.5) is 5.13 Å². The van der Waals surface area contributed by atoms with Crippen molar-refractivity contribution >= 4 is 28.3 Å². The first kappa shape index (κ1) is 17.3. The van der Waals surface area contributed by atoms with Crippen molar-refractivity contribution in [2.45, 2.75) is 25.4 Å². The molecule has 0 aliphatic carbocycles. The van der Waals surface area contributed by atoms with E-state index >= 15 is 0 Å². The van der Waals surface area contributed by atoms with Crippen molar-refractivity contribution in [1.82, 2.24) is 9.97 Å². The van der Waals surface area contributed by atoms with Crippen LogP contribution in [0, 0.1) is 0 Å². The third kappa shape index (κ3) is 4.97. The lowest BCUT2D eigenvalue weighted by Gasteiger charge is -2.22. The van der Waals surface area contributed by atoms with Crippen LogP contribution in [-0.4, -0.2) is 41.1 Å². The van der Waals surface area contributed by atoms with Crippen LogP contribution in [-0.2, 0) is 16.0 Å². The van der Waals surface area contributed by atoms with E-state index in [4.69, 9.17) is 15.2 Å². The molecule has 0 unspecified atom stereocenters. The number of pyridine rings is 1. The highest BCUT2D eigenvalue weighted by Gasteiger charge is 2.16. The molecule has 0 atom stereocenters. The number of nitrogens with one attached hydrogen (secondary N) is 1. The zero-order valence-electron chi connectivity index (χ0n) is 13.4. The van der Waals surface area contributed by atoms with Crippen molar-refractivity contribution in [1.29, 1.82) is 0 Å². The molecule has 8 nitrogen and oxygen atoms in total. The van der Waals surface area contributed by atoms with Gasteiger partial charge in [0, 0.05) is 30.5 Å². The number of nitrogens with zero attached hydrogens (tertiary/aromatic N) is 2. The SMILES string of the molecule is NC(=O)Cc1csc(NC(=O)c2ccc(OC3CCOCC3)nc2)n1. The monoisotopic (exact) mass is 362 g/mol. The highest BCUT2D eigenvalue weighted by Crippen LogP contribution is 2.18. The molecule has 2 aromatic heterocycles. The van der Waals surface area contributed by atoms with Gasteiger partial charge in [-0.25, -0.2) is 9.97 Å². The standard InChI is InChI=1S/C16H18N4O4S/c17-13(21)7-11-9-25-16(19-11)20-15(22)10-1-2-14(18-8-10)24-12-3-5-23-6-4-12/h1-2,8-9,12H,3-7H2,(H2,17,21)(H,19,20,22). The Labute approximate surface area is 148 Å². The third-order valence-electron chi connectivity index (χ3n) is 3.58. The van der Waals surface area contributed by atoms with Crippen molar-refractivity contribution in [2.75, 3.05) is 18.5 Å². The molecule has 2 amide bonds. The minimum atomic E-state index is -0.465. The normalized spacial score (nSPS) is 14.9. The van der Waals surface area contributed by atoms with Gasteiger partial charge in [0.25, 0.3) is 5.91 Å². The summed E-state index contributed by atoms with van der Waals surface area (Å²) in [7, 11) is 0. The Morgan fingerprint density at radius 3 is 2.84 bits per heavy atom. The van der Waals surface area contributed by atoms with Gasteiger partial charge in [-0.05, 0) is 6.07 Å². The van der Waals surface area contributed by atoms with Crippen molar-refractivity contribution in [3.05, 3.63) is 35.0 Å². The second-order valence-electron chi connectivity index (χ2n) is 5.56. The summed E-state index contributed by atoms with van der Waals surface area (Å²) in [5.74, 6) is -0.306. The maximum Gasteiger partial charge on any atom is 0.259 e. The number of anilines is 1. The van der Waals surface area contributed by atoms with Crippen molar-refractivity contribution < 1.29 is 19.1 Å². The van der Waals surface area contributed by atoms with Gasteiger partial charge >= 0.3 is 0 Å². The lowest BCUT2D eigenvalue weighted by Crippen LogP contribution is -2.26. The number of rotatable bonds is 6. The molecule has 3 rings (SSSR count). The number of ether oxygens (including phenoxy) is 2. The Morgan fingerprint density at radius 1 is 1.36 bits per heavy atom. The molecule has 1 aliphatic heterocycles. The molecule has 0 radical (unpaired) electrons.